The summed E-state index contributed by atoms with van der Waals surface area (Å²) in [5, 5.41) is 10.7. The molecule has 0 spiro atoms. The van der Waals surface area contributed by atoms with Gasteiger partial charge >= 0.3 is 6.18 Å². The minimum atomic E-state index is -4.51. The van der Waals surface area contributed by atoms with Crippen LogP contribution in [0.3, 0.4) is 0 Å². The van der Waals surface area contributed by atoms with Crippen molar-refractivity contribution in [1.82, 2.24) is 0 Å². The van der Waals surface area contributed by atoms with E-state index in [0.29, 0.717) is 0 Å². The molecule has 22 heavy (non-hydrogen) atoms. The smallest absolute Gasteiger partial charge is 0.292 e. The van der Waals surface area contributed by atoms with E-state index in [-0.39, 0.29) is 10.4 Å². The average Bonchev–Trinajstić information content (AvgIpc) is 3.01. The number of nitriles is 1. The van der Waals surface area contributed by atoms with Crippen LogP contribution in [0.5, 0.6) is 0 Å². The van der Waals surface area contributed by atoms with Gasteiger partial charge in [-0.05, 0) is 23.6 Å². The van der Waals surface area contributed by atoms with Gasteiger partial charge in [0.05, 0.1) is 16.5 Å². The lowest BCUT2D eigenvalue weighted by molar-refractivity contribution is -0.137. The molecule has 0 radical (unpaired) electrons. The molecule has 0 aliphatic carbocycles. The summed E-state index contributed by atoms with van der Waals surface area (Å²) >= 11 is 1.09. The van der Waals surface area contributed by atoms with Crippen LogP contribution in [-0.2, 0) is 6.18 Å². The number of carbonyl (C=O) groups is 2. The summed E-state index contributed by atoms with van der Waals surface area (Å²) in [4.78, 5) is 24.5. The predicted molar refractivity (Wildman–Crippen MR) is 73.5 cm³/mol. The Kier molecular flexibility index (Phi) is 4.43. The molecule has 1 aromatic heterocycles. The van der Waals surface area contributed by atoms with Gasteiger partial charge in [0.2, 0.25) is 0 Å². The molecule has 0 N–H and O–H groups in total. The summed E-state index contributed by atoms with van der Waals surface area (Å²) in [6, 6.07) is 8.14. The van der Waals surface area contributed by atoms with Gasteiger partial charge in [0.25, 0.3) is 0 Å². The van der Waals surface area contributed by atoms with Crippen LogP contribution in [-0.4, -0.2) is 11.6 Å². The summed E-state index contributed by atoms with van der Waals surface area (Å²) in [7, 11) is 0. The first-order valence-corrected chi connectivity index (χ1v) is 6.91. The molecule has 0 bridgehead atoms. The van der Waals surface area contributed by atoms with Crippen molar-refractivity contribution in [2.24, 2.45) is 5.92 Å². The highest BCUT2D eigenvalue weighted by Gasteiger charge is 2.32. The van der Waals surface area contributed by atoms with Crippen molar-refractivity contribution in [2.45, 2.75) is 6.18 Å². The maximum Gasteiger partial charge on any atom is 0.416 e. The minimum absolute atomic E-state index is 0.107. The molecule has 0 saturated heterocycles. The Bertz CT molecular complexity index is 728. The second-order valence-corrected chi connectivity index (χ2v) is 5.29. The molecule has 0 amide bonds. The zero-order valence-electron chi connectivity index (χ0n) is 10.9. The summed E-state index contributed by atoms with van der Waals surface area (Å²) in [6.07, 6.45) is -4.51. The summed E-state index contributed by atoms with van der Waals surface area (Å²) in [6.45, 7) is 0. The van der Waals surface area contributed by atoms with Gasteiger partial charge in [-0.1, -0.05) is 18.2 Å². The van der Waals surface area contributed by atoms with Gasteiger partial charge in [-0.3, -0.25) is 9.59 Å². The molecule has 1 aromatic carbocycles. The van der Waals surface area contributed by atoms with Crippen LogP contribution in [0, 0.1) is 17.2 Å². The van der Waals surface area contributed by atoms with Crippen molar-refractivity contribution in [2.75, 3.05) is 0 Å². The third kappa shape index (κ3) is 3.23. The number of nitrogens with zero attached hydrogens (tertiary/aromatic N) is 1. The van der Waals surface area contributed by atoms with Gasteiger partial charge in [-0.2, -0.15) is 18.4 Å². The van der Waals surface area contributed by atoms with Crippen LogP contribution in [0.25, 0.3) is 0 Å². The van der Waals surface area contributed by atoms with E-state index in [4.69, 9.17) is 5.26 Å². The Hall–Kier alpha value is -2.46. The first kappa shape index (κ1) is 15.9. The molecule has 0 saturated carbocycles. The monoisotopic (exact) mass is 323 g/mol. The average molecular weight is 323 g/mol. The van der Waals surface area contributed by atoms with Crippen LogP contribution in [0.15, 0.2) is 41.8 Å². The highest BCUT2D eigenvalue weighted by Crippen LogP contribution is 2.29. The van der Waals surface area contributed by atoms with Crippen molar-refractivity contribution in [1.29, 1.82) is 5.26 Å². The Labute approximate surface area is 127 Å². The summed E-state index contributed by atoms with van der Waals surface area (Å²) < 4.78 is 37.4. The van der Waals surface area contributed by atoms with Crippen LogP contribution in [0.1, 0.15) is 25.6 Å². The van der Waals surface area contributed by atoms with Gasteiger partial charge in [-0.15, -0.1) is 11.3 Å². The number of hydrogen-bond acceptors (Lipinski definition) is 4. The molecule has 0 aliphatic heterocycles. The molecule has 0 fully saturated rings. The molecule has 1 heterocycles. The number of benzene rings is 1. The molecule has 3 nitrogen and oxygen atoms in total. The lowest BCUT2D eigenvalue weighted by Gasteiger charge is -2.09. The Morgan fingerprint density at radius 1 is 1.09 bits per heavy atom. The number of rotatable bonds is 4. The van der Waals surface area contributed by atoms with Gasteiger partial charge in [0, 0.05) is 5.56 Å². The number of halogens is 3. The lowest BCUT2D eigenvalue weighted by Crippen LogP contribution is -2.22. The third-order valence-electron chi connectivity index (χ3n) is 2.91. The minimum Gasteiger partial charge on any atom is -0.292 e. The Morgan fingerprint density at radius 3 is 2.18 bits per heavy atom. The fourth-order valence-electron chi connectivity index (χ4n) is 1.79. The fraction of sp³-hybridized carbons (Fsp3) is 0.133. The van der Waals surface area contributed by atoms with Crippen molar-refractivity contribution in [3.05, 3.63) is 57.8 Å². The number of ketones is 2. The number of carbonyl (C=O) groups excluding carboxylic acids is 2. The number of thiophene rings is 1. The first-order chi connectivity index (χ1) is 10.3. The van der Waals surface area contributed by atoms with E-state index in [2.05, 4.69) is 0 Å². The van der Waals surface area contributed by atoms with Crippen LogP contribution >= 0.6 is 11.3 Å². The topological polar surface area (TPSA) is 57.9 Å². The first-order valence-electron chi connectivity index (χ1n) is 6.03. The second kappa shape index (κ2) is 6.12. The zero-order valence-corrected chi connectivity index (χ0v) is 11.7. The Morgan fingerprint density at radius 2 is 1.73 bits per heavy atom. The van der Waals surface area contributed by atoms with Crippen LogP contribution < -0.4 is 0 Å². The van der Waals surface area contributed by atoms with Crippen LogP contribution in [0.2, 0.25) is 0 Å². The van der Waals surface area contributed by atoms with E-state index in [1.54, 1.807) is 17.5 Å². The number of Topliss-reactive ketones (excluding diaryl/α,β-unsaturated/α-hetero) is 2. The third-order valence-corrected chi connectivity index (χ3v) is 3.80. The molecule has 2 aromatic rings. The quantitative estimate of drug-likeness (QED) is 0.632. The molecular formula is C15H8F3NO2S. The van der Waals surface area contributed by atoms with E-state index in [1.165, 1.54) is 6.07 Å². The van der Waals surface area contributed by atoms with Crippen molar-refractivity contribution in [3.8, 4) is 6.07 Å². The molecule has 0 aliphatic rings. The zero-order chi connectivity index (χ0) is 16.3. The molecule has 0 unspecified atom stereocenters. The molecule has 112 valence electrons. The maximum absolute atomic E-state index is 12.5. The van der Waals surface area contributed by atoms with E-state index in [0.717, 1.165) is 35.6 Å². The van der Waals surface area contributed by atoms with E-state index >= 15 is 0 Å². The van der Waals surface area contributed by atoms with E-state index in [1.807, 2.05) is 0 Å². The lowest BCUT2D eigenvalue weighted by atomic mass is 9.93. The van der Waals surface area contributed by atoms with Crippen molar-refractivity contribution < 1.29 is 22.8 Å². The normalized spacial score (nSPS) is 12.5. The summed E-state index contributed by atoms with van der Waals surface area (Å²) in [5.74, 6) is -3.02. The highest BCUT2D eigenvalue weighted by molar-refractivity contribution is 7.12. The second-order valence-electron chi connectivity index (χ2n) is 4.34. The van der Waals surface area contributed by atoms with E-state index in [9.17, 15) is 22.8 Å². The number of hydrogen-bond donors (Lipinski definition) is 0. The van der Waals surface area contributed by atoms with Gasteiger partial charge in [-0.25, -0.2) is 0 Å². The van der Waals surface area contributed by atoms with Gasteiger partial charge in [0.15, 0.2) is 17.5 Å². The Balaban J connectivity index is 2.26. The SMILES string of the molecule is N#C[C@H](C(=O)c1ccc(C(F)(F)F)cc1)C(=O)c1cccs1. The van der Waals surface area contributed by atoms with Gasteiger partial charge in [0.1, 0.15) is 0 Å². The van der Waals surface area contributed by atoms with E-state index < -0.39 is 29.2 Å². The van der Waals surface area contributed by atoms with Gasteiger partial charge < -0.3 is 0 Å². The fourth-order valence-corrected chi connectivity index (χ4v) is 2.48. The molecular weight excluding hydrogens is 315 g/mol. The molecule has 7 heteroatoms. The van der Waals surface area contributed by atoms with Crippen LogP contribution in [0.4, 0.5) is 13.2 Å². The summed E-state index contributed by atoms with van der Waals surface area (Å²) in [5.41, 5.74) is -1.01. The van der Waals surface area contributed by atoms with Crippen molar-refractivity contribution in [3.63, 3.8) is 0 Å². The standard InChI is InChI=1S/C15H8F3NO2S/c16-15(17,18)10-5-3-9(4-6-10)13(20)11(8-19)14(21)12-2-1-7-22-12/h1-7,11H/t11-/m1/s1. The largest absolute Gasteiger partial charge is 0.416 e. The highest BCUT2D eigenvalue weighted by atomic mass is 32.1. The van der Waals surface area contributed by atoms with Crippen molar-refractivity contribution >= 4 is 22.9 Å². The number of alkyl halides is 3. The molecule has 1 atom stereocenters. The molecule has 2 rings (SSSR count). The maximum atomic E-state index is 12.5. The predicted octanol–water partition coefficient (Wildman–Crippen LogP) is 3.97.